The Balaban J connectivity index is 0.000000594. The number of benzene rings is 3. The van der Waals surface area contributed by atoms with Gasteiger partial charge in [0.1, 0.15) is 0 Å². The molecule has 0 saturated heterocycles. The minimum atomic E-state index is -0.446. The molecule has 186 valence electrons. The van der Waals surface area contributed by atoms with Gasteiger partial charge in [-0.3, -0.25) is 0 Å². The molecular formula is C29H38O2PRuSi2+. The van der Waals surface area contributed by atoms with Crippen LogP contribution in [-0.4, -0.2) is 32.3 Å². The SMILES string of the molecule is CO[Si](C)C.CO[Si](C)C.[CH]1[CH][CH][CH][CH]1.[Ru+].c1ccc(P(c2ccccc2)c2ccccc2)cc1. The third-order valence-corrected chi connectivity index (χ3v) is 8.49. The summed E-state index contributed by atoms with van der Waals surface area (Å²) >= 11 is 0. The van der Waals surface area contributed by atoms with E-state index in [4.69, 9.17) is 8.85 Å². The molecule has 35 heavy (non-hydrogen) atoms. The van der Waals surface area contributed by atoms with E-state index in [1.807, 2.05) is 32.1 Å². The maximum atomic E-state index is 4.85. The summed E-state index contributed by atoms with van der Waals surface area (Å²) in [5.74, 6) is 0. The van der Waals surface area contributed by atoms with Crippen LogP contribution in [0.15, 0.2) is 91.0 Å². The molecule has 1 aliphatic rings. The minimum Gasteiger partial charge on any atom is -0.420 e. The van der Waals surface area contributed by atoms with Gasteiger partial charge in [-0.15, -0.1) is 0 Å². The third-order valence-electron chi connectivity index (χ3n) is 4.42. The number of rotatable bonds is 5. The van der Waals surface area contributed by atoms with E-state index in [9.17, 15) is 0 Å². The molecule has 0 aliphatic heterocycles. The van der Waals surface area contributed by atoms with E-state index in [1.54, 1.807) is 14.2 Å². The van der Waals surface area contributed by atoms with Gasteiger partial charge >= 0.3 is 19.5 Å². The molecule has 3 aromatic rings. The molecule has 0 atom stereocenters. The summed E-state index contributed by atoms with van der Waals surface area (Å²) in [7, 11) is 2.29. The Hall–Kier alpha value is -0.933. The first-order valence-corrected chi connectivity index (χ1v) is 17.5. The van der Waals surface area contributed by atoms with E-state index in [0.717, 1.165) is 0 Å². The van der Waals surface area contributed by atoms with Gasteiger partial charge in [-0.2, -0.15) is 0 Å². The van der Waals surface area contributed by atoms with Gasteiger partial charge in [0.2, 0.25) is 18.1 Å². The molecule has 2 nitrogen and oxygen atoms in total. The van der Waals surface area contributed by atoms with E-state index in [0.29, 0.717) is 0 Å². The summed E-state index contributed by atoms with van der Waals surface area (Å²) in [5.41, 5.74) is 0. The molecule has 0 heterocycles. The van der Waals surface area contributed by atoms with Crippen LogP contribution in [0.2, 0.25) is 26.2 Å². The van der Waals surface area contributed by atoms with Crippen molar-refractivity contribution in [3.05, 3.63) is 123 Å². The summed E-state index contributed by atoms with van der Waals surface area (Å²) in [4.78, 5) is 0. The Bertz CT molecular complexity index is 724. The van der Waals surface area contributed by atoms with Crippen molar-refractivity contribution in [3.8, 4) is 0 Å². The topological polar surface area (TPSA) is 18.5 Å². The molecule has 6 heteroatoms. The van der Waals surface area contributed by atoms with Crippen LogP contribution in [0.4, 0.5) is 0 Å². The fourth-order valence-corrected chi connectivity index (χ4v) is 4.80. The molecule has 0 spiro atoms. The summed E-state index contributed by atoms with van der Waals surface area (Å²) in [6.07, 6.45) is 10.0. The van der Waals surface area contributed by atoms with Crippen molar-refractivity contribution < 1.29 is 28.3 Å². The minimum absolute atomic E-state index is 0. The van der Waals surface area contributed by atoms with E-state index in [2.05, 4.69) is 117 Å². The van der Waals surface area contributed by atoms with Crippen molar-refractivity contribution >= 4 is 41.9 Å². The normalized spacial score (nSPS) is 11.9. The van der Waals surface area contributed by atoms with Crippen molar-refractivity contribution in [2.24, 2.45) is 0 Å². The van der Waals surface area contributed by atoms with E-state index in [-0.39, 0.29) is 37.6 Å². The van der Waals surface area contributed by atoms with Crippen molar-refractivity contribution in [1.29, 1.82) is 0 Å². The molecule has 0 bridgehead atoms. The van der Waals surface area contributed by atoms with Crippen LogP contribution in [-0.2, 0) is 28.3 Å². The molecule has 0 aromatic heterocycles. The average molecular weight is 607 g/mol. The van der Waals surface area contributed by atoms with Crippen LogP contribution in [0.3, 0.4) is 0 Å². The van der Waals surface area contributed by atoms with Gasteiger partial charge in [0.25, 0.3) is 0 Å². The molecule has 0 amide bonds. The second-order valence-corrected chi connectivity index (χ2v) is 14.2. The summed E-state index contributed by atoms with van der Waals surface area (Å²) in [5, 5.41) is 4.19. The quantitative estimate of drug-likeness (QED) is 0.253. The molecule has 8 radical (unpaired) electrons. The Kier molecular flexibility index (Phi) is 21.7. The molecule has 3 aromatic carbocycles. The van der Waals surface area contributed by atoms with Gasteiger partial charge in [0.05, 0.1) is 0 Å². The fourth-order valence-electron chi connectivity index (χ4n) is 2.50. The van der Waals surface area contributed by atoms with Crippen molar-refractivity contribution in [2.45, 2.75) is 26.2 Å². The van der Waals surface area contributed by atoms with Crippen LogP contribution >= 0.6 is 7.92 Å². The van der Waals surface area contributed by atoms with Crippen LogP contribution in [0, 0.1) is 32.1 Å². The first kappa shape index (κ1) is 34.1. The van der Waals surface area contributed by atoms with Crippen LogP contribution in [0.1, 0.15) is 0 Å². The number of hydrogen-bond donors (Lipinski definition) is 0. The van der Waals surface area contributed by atoms with Gasteiger partial charge in [-0.1, -0.05) is 91.0 Å². The maximum Gasteiger partial charge on any atom is 1.00 e. The Morgan fingerprint density at radius 2 is 0.657 bits per heavy atom. The van der Waals surface area contributed by atoms with E-state index >= 15 is 0 Å². The smallest absolute Gasteiger partial charge is 0.420 e. The standard InChI is InChI=1S/C18H15P.C5H5.2C3H9OSi.Ru/c1-4-10-16(11-5-1)19(17-12-6-2-7-13-17)18-14-8-3-9-15-18;1-2-4-5-3-1;2*1-4-5(2)3;/h1-15H;1-5H;2*1-3H3;/q;;;;+1. The van der Waals surface area contributed by atoms with Gasteiger partial charge in [0.15, 0.2) is 0 Å². The molecule has 1 fully saturated rings. The fraction of sp³-hybridized carbons (Fsp3) is 0.207. The first-order chi connectivity index (χ1) is 16.5. The molecule has 4 rings (SSSR count). The van der Waals surface area contributed by atoms with Crippen LogP contribution in [0.5, 0.6) is 0 Å². The molecule has 0 unspecified atom stereocenters. The monoisotopic (exact) mass is 607 g/mol. The van der Waals surface area contributed by atoms with Crippen LogP contribution in [0.25, 0.3) is 0 Å². The summed E-state index contributed by atoms with van der Waals surface area (Å²) < 4.78 is 9.70. The largest absolute Gasteiger partial charge is 1.00 e. The molecule has 1 saturated carbocycles. The Morgan fingerprint density at radius 3 is 0.829 bits per heavy atom. The average Bonchev–Trinajstić information content (AvgIpc) is 3.47. The second kappa shape index (κ2) is 22.3. The van der Waals surface area contributed by atoms with E-state index in [1.165, 1.54) is 15.9 Å². The molecule has 1 aliphatic carbocycles. The third kappa shape index (κ3) is 16.4. The molecular weight excluding hydrogens is 569 g/mol. The van der Waals surface area contributed by atoms with Crippen molar-refractivity contribution in [2.75, 3.05) is 14.2 Å². The van der Waals surface area contributed by atoms with Crippen molar-refractivity contribution in [1.82, 2.24) is 0 Å². The Morgan fingerprint density at radius 1 is 0.457 bits per heavy atom. The number of hydrogen-bond acceptors (Lipinski definition) is 2. The van der Waals surface area contributed by atoms with Gasteiger partial charge in [0, 0.05) is 14.2 Å². The zero-order chi connectivity index (χ0) is 25.0. The second-order valence-electron chi connectivity index (χ2n) is 7.53. The Labute approximate surface area is 232 Å². The zero-order valence-corrected chi connectivity index (χ0v) is 26.3. The summed E-state index contributed by atoms with van der Waals surface area (Å²) in [6, 6.07) is 32.3. The van der Waals surface area contributed by atoms with Crippen LogP contribution < -0.4 is 15.9 Å². The van der Waals surface area contributed by atoms with Gasteiger partial charge in [-0.25, -0.2) is 0 Å². The maximum absolute atomic E-state index is 4.85. The predicted molar refractivity (Wildman–Crippen MR) is 156 cm³/mol. The predicted octanol–water partition coefficient (Wildman–Crippen LogP) is 6.23. The van der Waals surface area contributed by atoms with Crippen molar-refractivity contribution in [3.63, 3.8) is 0 Å². The summed E-state index contributed by atoms with van der Waals surface area (Å²) in [6.45, 7) is 8.41. The van der Waals surface area contributed by atoms with Gasteiger partial charge in [-0.05, 0) is 82.1 Å². The van der Waals surface area contributed by atoms with Gasteiger partial charge < -0.3 is 8.85 Å². The first-order valence-electron chi connectivity index (χ1n) is 11.3. The van der Waals surface area contributed by atoms with E-state index < -0.39 is 7.92 Å². The molecule has 0 N–H and O–H groups in total. The zero-order valence-electron chi connectivity index (χ0n) is 21.7.